The molecule has 3 rings (SSSR count). The molecule has 5 heteroatoms. The molecule has 0 aliphatic rings. The predicted molar refractivity (Wildman–Crippen MR) is 99.9 cm³/mol. The lowest BCUT2D eigenvalue weighted by Gasteiger charge is -2.20. The van der Waals surface area contributed by atoms with E-state index in [1.807, 2.05) is 42.5 Å². The number of carbonyl (C=O) groups excluding carboxylic acids is 1. The number of benzene rings is 2. The number of hydrogen-bond acceptors (Lipinski definition) is 5. The average Bonchev–Trinajstić information content (AvgIpc) is 2.67. The summed E-state index contributed by atoms with van der Waals surface area (Å²) in [6.07, 6.45) is 0.177. The van der Waals surface area contributed by atoms with E-state index in [0.717, 1.165) is 27.4 Å². The van der Waals surface area contributed by atoms with E-state index in [-0.39, 0.29) is 13.0 Å². The largest absolute Gasteiger partial charge is 0.497 e. The summed E-state index contributed by atoms with van der Waals surface area (Å²) in [6.45, 7) is 3.56. The summed E-state index contributed by atoms with van der Waals surface area (Å²) in [5.41, 5.74) is 0.212. The number of nitrogens with zero attached hydrogens (tertiary/aromatic N) is 2. The van der Waals surface area contributed by atoms with Crippen molar-refractivity contribution >= 4 is 27.6 Å². The van der Waals surface area contributed by atoms with E-state index in [0.29, 0.717) is 5.69 Å². The number of carbonyl (C=O) groups is 1. The maximum atomic E-state index is 12.3. The Morgan fingerprint density at radius 3 is 2.65 bits per heavy atom. The first-order valence-corrected chi connectivity index (χ1v) is 8.46. The molecule has 0 aliphatic heterocycles. The van der Waals surface area contributed by atoms with E-state index in [9.17, 15) is 10.1 Å². The molecule has 0 amide bonds. The number of esters is 1. The molecular formula is C21H20N2O3. The van der Waals surface area contributed by atoms with Gasteiger partial charge in [0.05, 0.1) is 31.0 Å². The van der Waals surface area contributed by atoms with Crippen LogP contribution in [0.3, 0.4) is 0 Å². The van der Waals surface area contributed by atoms with Gasteiger partial charge in [0.2, 0.25) is 0 Å². The van der Waals surface area contributed by atoms with Gasteiger partial charge in [-0.3, -0.25) is 9.78 Å². The first-order chi connectivity index (χ1) is 12.5. The van der Waals surface area contributed by atoms with Crippen molar-refractivity contribution in [2.75, 3.05) is 13.7 Å². The van der Waals surface area contributed by atoms with E-state index in [4.69, 9.17) is 14.5 Å². The van der Waals surface area contributed by atoms with E-state index in [1.54, 1.807) is 21.0 Å². The van der Waals surface area contributed by atoms with Crippen LogP contribution in [0.5, 0.6) is 5.75 Å². The van der Waals surface area contributed by atoms with Gasteiger partial charge in [0, 0.05) is 17.2 Å². The SMILES string of the molecule is CCOC(=O)C(C)(C#N)Cc1nc2ccccc2c2cc(OC)ccc12. The summed E-state index contributed by atoms with van der Waals surface area (Å²) >= 11 is 0. The highest BCUT2D eigenvalue weighted by atomic mass is 16.5. The van der Waals surface area contributed by atoms with Crippen LogP contribution in [-0.2, 0) is 16.0 Å². The van der Waals surface area contributed by atoms with Crippen LogP contribution in [0, 0.1) is 16.7 Å². The van der Waals surface area contributed by atoms with Gasteiger partial charge in [0.1, 0.15) is 5.75 Å². The van der Waals surface area contributed by atoms with Crippen LogP contribution in [0.1, 0.15) is 19.5 Å². The van der Waals surface area contributed by atoms with Gasteiger partial charge in [-0.15, -0.1) is 0 Å². The molecule has 0 spiro atoms. The van der Waals surface area contributed by atoms with Crippen molar-refractivity contribution in [3.8, 4) is 11.8 Å². The fourth-order valence-electron chi connectivity index (χ4n) is 3.05. The lowest BCUT2D eigenvalue weighted by Crippen LogP contribution is -2.31. The van der Waals surface area contributed by atoms with Crippen LogP contribution in [0.4, 0.5) is 0 Å². The van der Waals surface area contributed by atoms with Crippen molar-refractivity contribution in [2.24, 2.45) is 5.41 Å². The molecule has 0 aliphatic carbocycles. The number of methoxy groups -OCH3 is 1. The van der Waals surface area contributed by atoms with Crippen LogP contribution in [0.25, 0.3) is 21.7 Å². The van der Waals surface area contributed by atoms with Gasteiger partial charge in [0.25, 0.3) is 0 Å². The van der Waals surface area contributed by atoms with Crippen molar-refractivity contribution in [2.45, 2.75) is 20.3 Å². The van der Waals surface area contributed by atoms with E-state index >= 15 is 0 Å². The standard InChI is InChI=1S/C21H20N2O3/c1-4-26-20(24)21(2,13-22)12-19-16-10-9-14(25-3)11-17(16)15-7-5-6-8-18(15)23-19/h5-11H,4,12H2,1-3H3. The highest BCUT2D eigenvalue weighted by Gasteiger charge is 2.36. The minimum atomic E-state index is -1.29. The van der Waals surface area contributed by atoms with Crippen LogP contribution in [0.15, 0.2) is 42.5 Å². The lowest BCUT2D eigenvalue weighted by molar-refractivity contribution is -0.151. The van der Waals surface area contributed by atoms with Crippen LogP contribution < -0.4 is 4.74 Å². The molecule has 1 atom stereocenters. The molecule has 2 aromatic carbocycles. The third kappa shape index (κ3) is 3.06. The fraction of sp³-hybridized carbons (Fsp3) is 0.286. The van der Waals surface area contributed by atoms with E-state index in [1.165, 1.54) is 0 Å². The van der Waals surface area contributed by atoms with Gasteiger partial charge in [-0.1, -0.05) is 18.2 Å². The second-order valence-corrected chi connectivity index (χ2v) is 6.33. The van der Waals surface area contributed by atoms with Gasteiger partial charge in [-0.2, -0.15) is 5.26 Å². The minimum absolute atomic E-state index is 0.177. The zero-order chi connectivity index (χ0) is 18.7. The number of fused-ring (bicyclic) bond motifs is 3. The molecular weight excluding hydrogens is 328 g/mol. The Kier molecular flexibility index (Phi) is 4.77. The Balaban J connectivity index is 2.21. The molecule has 1 aromatic heterocycles. The van der Waals surface area contributed by atoms with Crippen molar-refractivity contribution in [3.05, 3.63) is 48.2 Å². The molecule has 0 radical (unpaired) electrons. The summed E-state index contributed by atoms with van der Waals surface area (Å²) in [5, 5.41) is 12.5. The van der Waals surface area contributed by atoms with E-state index in [2.05, 4.69) is 6.07 Å². The molecule has 3 aromatic rings. The van der Waals surface area contributed by atoms with Crippen molar-refractivity contribution in [3.63, 3.8) is 0 Å². The molecule has 0 saturated carbocycles. The number of aromatic nitrogens is 1. The Labute approximate surface area is 152 Å². The molecule has 0 fully saturated rings. The quantitative estimate of drug-likeness (QED) is 0.514. The Morgan fingerprint density at radius 1 is 1.19 bits per heavy atom. The first kappa shape index (κ1) is 17.7. The first-order valence-electron chi connectivity index (χ1n) is 8.46. The van der Waals surface area contributed by atoms with Gasteiger partial charge in [0.15, 0.2) is 5.41 Å². The van der Waals surface area contributed by atoms with Crippen LogP contribution in [0.2, 0.25) is 0 Å². The highest BCUT2D eigenvalue weighted by Crippen LogP contribution is 2.33. The van der Waals surface area contributed by atoms with Crippen LogP contribution in [-0.4, -0.2) is 24.7 Å². The molecule has 0 N–H and O–H groups in total. The molecule has 0 saturated heterocycles. The van der Waals surface area contributed by atoms with Gasteiger partial charge in [-0.25, -0.2) is 0 Å². The lowest BCUT2D eigenvalue weighted by atomic mass is 9.85. The number of nitriles is 1. The summed E-state index contributed by atoms with van der Waals surface area (Å²) in [4.78, 5) is 17.0. The summed E-state index contributed by atoms with van der Waals surface area (Å²) in [7, 11) is 1.62. The topological polar surface area (TPSA) is 72.2 Å². The highest BCUT2D eigenvalue weighted by molar-refractivity contribution is 6.07. The number of ether oxygens (including phenoxy) is 2. The minimum Gasteiger partial charge on any atom is -0.497 e. The zero-order valence-corrected chi connectivity index (χ0v) is 15.1. The third-order valence-corrected chi connectivity index (χ3v) is 4.48. The molecule has 5 nitrogen and oxygen atoms in total. The summed E-state index contributed by atoms with van der Waals surface area (Å²) in [5.74, 6) is 0.215. The van der Waals surface area contributed by atoms with Gasteiger partial charge < -0.3 is 9.47 Å². The molecule has 0 bridgehead atoms. The smallest absolute Gasteiger partial charge is 0.326 e. The maximum absolute atomic E-state index is 12.3. The predicted octanol–water partition coefficient (Wildman–Crippen LogP) is 4.03. The number of pyridine rings is 1. The van der Waals surface area contributed by atoms with Gasteiger partial charge in [-0.05, 0) is 43.5 Å². The number of para-hydroxylation sites is 1. The number of hydrogen-bond donors (Lipinski definition) is 0. The Morgan fingerprint density at radius 2 is 1.96 bits per heavy atom. The summed E-state index contributed by atoms with van der Waals surface area (Å²) < 4.78 is 10.5. The van der Waals surface area contributed by atoms with Crippen LogP contribution >= 0.6 is 0 Å². The molecule has 1 heterocycles. The van der Waals surface area contributed by atoms with Crippen molar-refractivity contribution in [1.82, 2.24) is 4.98 Å². The second kappa shape index (κ2) is 7.01. The fourth-order valence-corrected chi connectivity index (χ4v) is 3.05. The van der Waals surface area contributed by atoms with Crippen molar-refractivity contribution < 1.29 is 14.3 Å². The van der Waals surface area contributed by atoms with Crippen molar-refractivity contribution in [1.29, 1.82) is 5.26 Å². The maximum Gasteiger partial charge on any atom is 0.326 e. The molecule has 26 heavy (non-hydrogen) atoms. The molecule has 132 valence electrons. The second-order valence-electron chi connectivity index (χ2n) is 6.33. The summed E-state index contributed by atoms with van der Waals surface area (Å²) in [6, 6.07) is 15.6. The molecule has 1 unspecified atom stereocenters. The van der Waals surface area contributed by atoms with E-state index < -0.39 is 11.4 Å². The Hall–Kier alpha value is -3.13. The normalized spacial score (nSPS) is 13.2. The Bertz CT molecular complexity index is 1020. The van der Waals surface area contributed by atoms with Gasteiger partial charge >= 0.3 is 5.97 Å². The zero-order valence-electron chi connectivity index (χ0n) is 15.1. The average molecular weight is 348 g/mol. The monoisotopic (exact) mass is 348 g/mol. The number of rotatable bonds is 5. The third-order valence-electron chi connectivity index (χ3n) is 4.48.